The fraction of sp³-hybridized carbons (Fsp3) is 0.263. The Balaban J connectivity index is 2.09. The molecular formula is C19H20N4. The molecule has 23 heavy (non-hydrogen) atoms. The molecule has 0 spiro atoms. The Labute approximate surface area is 135 Å². The Morgan fingerprint density at radius 3 is 2.57 bits per heavy atom. The van der Waals surface area contributed by atoms with E-state index in [9.17, 15) is 0 Å². The number of para-hydroxylation sites is 1. The molecule has 3 aromatic heterocycles. The first kappa shape index (κ1) is 14.0. The molecule has 0 N–H and O–H groups in total. The number of aromatic nitrogens is 4. The van der Waals surface area contributed by atoms with Crippen molar-refractivity contribution in [3.05, 3.63) is 59.7 Å². The number of pyridine rings is 1. The molecule has 1 aromatic carbocycles. The highest BCUT2D eigenvalue weighted by Gasteiger charge is 2.16. The molecule has 4 rings (SSSR count). The van der Waals surface area contributed by atoms with Gasteiger partial charge in [-0.1, -0.05) is 32.0 Å². The van der Waals surface area contributed by atoms with Gasteiger partial charge in [-0.3, -0.25) is 0 Å². The summed E-state index contributed by atoms with van der Waals surface area (Å²) in [4.78, 5) is 4.35. The van der Waals surface area contributed by atoms with Gasteiger partial charge in [-0.05, 0) is 42.5 Å². The summed E-state index contributed by atoms with van der Waals surface area (Å²) in [6.45, 7) is 8.75. The Hall–Kier alpha value is -2.62. The summed E-state index contributed by atoms with van der Waals surface area (Å²) in [5.41, 5.74) is 7.09. The number of fused-ring (bicyclic) bond motifs is 2. The number of hydrogen-bond acceptors (Lipinski definition) is 2. The van der Waals surface area contributed by atoms with E-state index in [1.807, 2.05) is 4.52 Å². The van der Waals surface area contributed by atoms with Crippen LogP contribution in [0.1, 0.15) is 36.5 Å². The van der Waals surface area contributed by atoms with E-state index in [1.165, 1.54) is 27.6 Å². The zero-order valence-electron chi connectivity index (χ0n) is 13.9. The van der Waals surface area contributed by atoms with Crippen molar-refractivity contribution in [1.29, 1.82) is 0 Å². The Bertz CT molecular complexity index is 1020. The van der Waals surface area contributed by atoms with Crippen LogP contribution in [-0.2, 0) is 0 Å². The fourth-order valence-corrected chi connectivity index (χ4v) is 3.29. The molecule has 0 saturated heterocycles. The van der Waals surface area contributed by atoms with Gasteiger partial charge in [0.05, 0.1) is 17.4 Å². The van der Waals surface area contributed by atoms with E-state index in [4.69, 9.17) is 0 Å². The summed E-state index contributed by atoms with van der Waals surface area (Å²) in [5, 5.41) is 5.64. The van der Waals surface area contributed by atoms with Gasteiger partial charge >= 0.3 is 0 Å². The van der Waals surface area contributed by atoms with Crippen LogP contribution in [0.15, 0.2) is 43.0 Å². The molecular weight excluding hydrogens is 284 g/mol. The Morgan fingerprint density at radius 1 is 1.00 bits per heavy atom. The van der Waals surface area contributed by atoms with Crippen molar-refractivity contribution in [2.75, 3.05) is 0 Å². The highest BCUT2D eigenvalue weighted by Crippen LogP contribution is 2.31. The number of benzene rings is 1. The predicted molar refractivity (Wildman–Crippen MR) is 93.4 cm³/mol. The van der Waals surface area contributed by atoms with E-state index in [0.29, 0.717) is 5.92 Å². The van der Waals surface area contributed by atoms with Crippen molar-refractivity contribution in [1.82, 2.24) is 19.2 Å². The van der Waals surface area contributed by atoms with Gasteiger partial charge < -0.3 is 4.57 Å². The van der Waals surface area contributed by atoms with Crippen molar-refractivity contribution < 1.29 is 0 Å². The molecule has 0 aliphatic carbocycles. The van der Waals surface area contributed by atoms with E-state index in [-0.39, 0.29) is 0 Å². The SMILES string of the molecule is Cc1c(-n2cc(C(C)C)c3ccccc32)cn2ncnc2c1C. The monoisotopic (exact) mass is 304 g/mol. The van der Waals surface area contributed by atoms with E-state index in [2.05, 4.69) is 79.0 Å². The van der Waals surface area contributed by atoms with Crippen LogP contribution in [0.25, 0.3) is 22.2 Å². The van der Waals surface area contributed by atoms with E-state index >= 15 is 0 Å². The van der Waals surface area contributed by atoms with Gasteiger partial charge in [-0.15, -0.1) is 0 Å². The lowest BCUT2D eigenvalue weighted by Gasteiger charge is -2.12. The number of hydrogen-bond donors (Lipinski definition) is 0. The zero-order valence-corrected chi connectivity index (χ0v) is 13.9. The molecule has 4 nitrogen and oxygen atoms in total. The molecule has 4 heteroatoms. The third-order valence-electron chi connectivity index (χ3n) is 4.72. The van der Waals surface area contributed by atoms with Gasteiger partial charge in [0.1, 0.15) is 6.33 Å². The van der Waals surface area contributed by atoms with Crippen molar-refractivity contribution >= 4 is 16.6 Å². The molecule has 0 radical (unpaired) electrons. The number of rotatable bonds is 2. The summed E-state index contributed by atoms with van der Waals surface area (Å²) in [6.07, 6.45) is 5.94. The molecule has 0 saturated carbocycles. The van der Waals surface area contributed by atoms with Crippen LogP contribution in [-0.4, -0.2) is 19.2 Å². The average Bonchev–Trinajstić information content (AvgIpc) is 3.15. The van der Waals surface area contributed by atoms with Crippen LogP contribution in [0.4, 0.5) is 0 Å². The minimum Gasteiger partial charge on any atom is -0.314 e. The maximum Gasteiger partial charge on any atom is 0.158 e. The first-order chi connectivity index (χ1) is 11.1. The zero-order chi connectivity index (χ0) is 16.1. The maximum atomic E-state index is 4.35. The topological polar surface area (TPSA) is 35.1 Å². The van der Waals surface area contributed by atoms with Crippen molar-refractivity contribution in [3.8, 4) is 5.69 Å². The molecule has 116 valence electrons. The largest absolute Gasteiger partial charge is 0.314 e. The normalized spacial score (nSPS) is 11.9. The van der Waals surface area contributed by atoms with Crippen LogP contribution in [0.3, 0.4) is 0 Å². The quantitative estimate of drug-likeness (QED) is 0.549. The molecule has 0 amide bonds. The maximum absolute atomic E-state index is 4.35. The van der Waals surface area contributed by atoms with Gasteiger partial charge in [-0.25, -0.2) is 9.50 Å². The second kappa shape index (κ2) is 4.95. The summed E-state index contributed by atoms with van der Waals surface area (Å²) in [5.74, 6) is 0.484. The van der Waals surface area contributed by atoms with Crippen molar-refractivity contribution in [2.24, 2.45) is 0 Å². The summed E-state index contributed by atoms with van der Waals surface area (Å²) in [7, 11) is 0. The van der Waals surface area contributed by atoms with Crippen LogP contribution >= 0.6 is 0 Å². The second-order valence-electron chi connectivity index (χ2n) is 6.42. The van der Waals surface area contributed by atoms with Gasteiger partial charge in [0.15, 0.2) is 5.65 Å². The molecule has 0 aliphatic rings. The van der Waals surface area contributed by atoms with Crippen LogP contribution < -0.4 is 0 Å². The third-order valence-corrected chi connectivity index (χ3v) is 4.72. The molecule has 0 fully saturated rings. The van der Waals surface area contributed by atoms with Crippen LogP contribution in [0, 0.1) is 13.8 Å². The van der Waals surface area contributed by atoms with Gasteiger partial charge in [0, 0.05) is 11.6 Å². The third kappa shape index (κ3) is 1.98. The smallest absolute Gasteiger partial charge is 0.158 e. The minimum atomic E-state index is 0.484. The van der Waals surface area contributed by atoms with Crippen LogP contribution in [0.2, 0.25) is 0 Å². The predicted octanol–water partition coefficient (Wildman–Crippen LogP) is 4.41. The number of nitrogens with zero attached hydrogens (tertiary/aromatic N) is 4. The highest BCUT2D eigenvalue weighted by molar-refractivity contribution is 5.86. The molecule has 3 heterocycles. The highest BCUT2D eigenvalue weighted by atomic mass is 15.3. The molecule has 0 bridgehead atoms. The van der Waals surface area contributed by atoms with Gasteiger partial charge in [0.2, 0.25) is 0 Å². The summed E-state index contributed by atoms with van der Waals surface area (Å²) in [6, 6.07) is 8.59. The second-order valence-corrected chi connectivity index (χ2v) is 6.42. The first-order valence-electron chi connectivity index (χ1n) is 7.98. The molecule has 0 atom stereocenters. The Kier molecular flexibility index (Phi) is 3.01. The summed E-state index contributed by atoms with van der Waals surface area (Å²) < 4.78 is 4.15. The Morgan fingerprint density at radius 2 is 1.78 bits per heavy atom. The number of aryl methyl sites for hydroxylation is 1. The standard InChI is InChI=1S/C19H20N4/c1-12(2)16-9-22(17-8-6-5-7-15(16)17)18-10-23-19(20-11-21-23)14(4)13(18)3/h5-12H,1-4H3. The van der Waals surface area contributed by atoms with E-state index in [0.717, 1.165) is 11.3 Å². The first-order valence-corrected chi connectivity index (χ1v) is 7.98. The van der Waals surface area contributed by atoms with E-state index < -0.39 is 0 Å². The van der Waals surface area contributed by atoms with Gasteiger partial charge in [-0.2, -0.15) is 5.10 Å². The van der Waals surface area contributed by atoms with Crippen molar-refractivity contribution in [3.63, 3.8) is 0 Å². The lowest BCUT2D eigenvalue weighted by Crippen LogP contribution is -2.02. The molecule has 0 unspecified atom stereocenters. The fourth-order valence-electron chi connectivity index (χ4n) is 3.29. The van der Waals surface area contributed by atoms with Gasteiger partial charge in [0.25, 0.3) is 0 Å². The lowest BCUT2D eigenvalue weighted by atomic mass is 10.0. The molecule has 0 aliphatic heterocycles. The van der Waals surface area contributed by atoms with Crippen LogP contribution in [0.5, 0.6) is 0 Å². The summed E-state index contributed by atoms with van der Waals surface area (Å²) >= 11 is 0. The van der Waals surface area contributed by atoms with E-state index in [1.54, 1.807) is 6.33 Å². The minimum absolute atomic E-state index is 0.484. The molecule has 4 aromatic rings. The average molecular weight is 304 g/mol. The lowest BCUT2D eigenvalue weighted by molar-refractivity contribution is 0.866. The van der Waals surface area contributed by atoms with Crippen molar-refractivity contribution in [2.45, 2.75) is 33.6 Å².